The Bertz CT molecular complexity index is 853. The number of hydrogen-bond acceptors (Lipinski definition) is 3. The van der Waals surface area contributed by atoms with Crippen molar-refractivity contribution in [3.8, 4) is 0 Å². The maximum absolute atomic E-state index is 13.4. The summed E-state index contributed by atoms with van der Waals surface area (Å²) in [4.78, 5) is 21.6. The molecule has 25 heavy (non-hydrogen) atoms. The molecular weight excluding hydrogens is 331 g/mol. The Balaban J connectivity index is 1.53. The first kappa shape index (κ1) is 16.3. The highest BCUT2D eigenvalue weighted by Crippen LogP contribution is 2.31. The molecule has 0 bridgehead atoms. The second kappa shape index (κ2) is 6.29. The first-order valence-corrected chi connectivity index (χ1v) is 8.46. The molecule has 0 atom stereocenters. The van der Waals surface area contributed by atoms with Crippen molar-refractivity contribution < 1.29 is 13.2 Å². The summed E-state index contributed by atoms with van der Waals surface area (Å²) >= 11 is 0. The van der Waals surface area contributed by atoms with Crippen molar-refractivity contribution in [2.45, 2.75) is 38.8 Å². The molecule has 1 saturated carbocycles. The van der Waals surface area contributed by atoms with E-state index in [-0.39, 0.29) is 12.1 Å². The van der Waals surface area contributed by atoms with Gasteiger partial charge in [0.2, 0.25) is 0 Å². The molecule has 7 heteroatoms. The predicted octanol–water partition coefficient (Wildman–Crippen LogP) is 2.70. The van der Waals surface area contributed by atoms with Crippen LogP contribution >= 0.6 is 0 Å². The Kier molecular flexibility index (Phi) is 4.11. The van der Waals surface area contributed by atoms with E-state index in [0.29, 0.717) is 42.4 Å². The summed E-state index contributed by atoms with van der Waals surface area (Å²) in [5.74, 6) is -2.49. The number of nitrogens with zero attached hydrogens (tertiary/aromatic N) is 2. The summed E-state index contributed by atoms with van der Waals surface area (Å²) in [7, 11) is 0. The van der Waals surface area contributed by atoms with Gasteiger partial charge in [0.05, 0.1) is 5.69 Å². The lowest BCUT2D eigenvalue weighted by molar-refractivity contribution is 0.239. The fourth-order valence-electron chi connectivity index (χ4n) is 3.33. The average Bonchev–Trinajstić information content (AvgIpc) is 3.36. The second-order valence-corrected chi connectivity index (χ2v) is 6.92. The van der Waals surface area contributed by atoms with Crippen molar-refractivity contribution in [2.75, 3.05) is 6.54 Å². The van der Waals surface area contributed by atoms with Gasteiger partial charge < -0.3 is 4.98 Å². The Morgan fingerprint density at radius 3 is 2.60 bits per heavy atom. The van der Waals surface area contributed by atoms with E-state index in [1.54, 1.807) is 0 Å². The van der Waals surface area contributed by atoms with Crippen molar-refractivity contribution in [3.63, 3.8) is 0 Å². The molecule has 0 saturated heterocycles. The second-order valence-electron chi connectivity index (χ2n) is 6.92. The van der Waals surface area contributed by atoms with Gasteiger partial charge in [-0.2, -0.15) is 0 Å². The fourth-order valence-corrected chi connectivity index (χ4v) is 3.33. The molecular formula is C18H18F3N3O. The van der Waals surface area contributed by atoms with Gasteiger partial charge in [0.25, 0.3) is 5.56 Å². The van der Waals surface area contributed by atoms with E-state index in [2.05, 4.69) is 9.97 Å². The lowest BCUT2D eigenvalue weighted by Crippen LogP contribution is -2.35. The third kappa shape index (κ3) is 3.46. The molecule has 1 aliphatic carbocycles. The van der Waals surface area contributed by atoms with E-state index in [1.165, 1.54) is 12.8 Å². The van der Waals surface area contributed by atoms with Gasteiger partial charge in [-0.05, 0) is 42.9 Å². The Hall–Kier alpha value is -2.15. The minimum atomic E-state index is -1.45. The number of aromatic nitrogens is 2. The Morgan fingerprint density at radius 1 is 1.20 bits per heavy atom. The number of rotatable bonds is 4. The quantitative estimate of drug-likeness (QED) is 0.864. The van der Waals surface area contributed by atoms with Gasteiger partial charge >= 0.3 is 0 Å². The smallest absolute Gasteiger partial charge is 0.254 e. The molecule has 1 aromatic carbocycles. The predicted molar refractivity (Wildman–Crippen MR) is 85.4 cm³/mol. The molecule has 1 aliphatic heterocycles. The van der Waals surface area contributed by atoms with Crippen LogP contribution in [0, 0.1) is 23.4 Å². The highest BCUT2D eigenvalue weighted by Gasteiger charge is 2.25. The number of hydrogen-bond donors (Lipinski definition) is 1. The van der Waals surface area contributed by atoms with Crippen molar-refractivity contribution in [1.82, 2.24) is 14.9 Å². The fraction of sp³-hybridized carbons (Fsp3) is 0.444. The molecule has 0 amide bonds. The summed E-state index contributed by atoms with van der Waals surface area (Å²) in [5.41, 5.74) is 1.70. The number of fused-ring (bicyclic) bond motifs is 1. The molecule has 2 heterocycles. The average molecular weight is 349 g/mol. The van der Waals surface area contributed by atoms with Crippen LogP contribution in [0.3, 0.4) is 0 Å². The Labute approximate surface area is 142 Å². The van der Waals surface area contributed by atoms with Crippen LogP contribution in [0.15, 0.2) is 16.9 Å². The maximum Gasteiger partial charge on any atom is 0.254 e. The van der Waals surface area contributed by atoms with Crippen LogP contribution in [-0.2, 0) is 25.9 Å². The lowest BCUT2D eigenvalue weighted by Gasteiger charge is -2.27. The first-order valence-electron chi connectivity index (χ1n) is 8.46. The van der Waals surface area contributed by atoms with Crippen LogP contribution in [0.25, 0.3) is 0 Å². The molecule has 2 aliphatic rings. The highest BCUT2D eigenvalue weighted by atomic mass is 19.2. The normalized spacial score (nSPS) is 17.6. The largest absolute Gasteiger partial charge is 0.310 e. The van der Waals surface area contributed by atoms with Gasteiger partial charge in [-0.25, -0.2) is 18.2 Å². The summed E-state index contributed by atoms with van der Waals surface area (Å²) in [6, 6.07) is 2.02. The minimum absolute atomic E-state index is 0.0841. The zero-order valence-electron chi connectivity index (χ0n) is 13.6. The van der Waals surface area contributed by atoms with Crippen LogP contribution in [0.5, 0.6) is 0 Å². The summed E-state index contributed by atoms with van der Waals surface area (Å²) in [5, 5.41) is 0. The van der Waals surface area contributed by atoms with Gasteiger partial charge in [0.1, 0.15) is 5.82 Å². The van der Waals surface area contributed by atoms with E-state index >= 15 is 0 Å². The van der Waals surface area contributed by atoms with E-state index in [1.807, 2.05) is 4.90 Å². The number of aromatic amines is 1. The molecule has 1 fully saturated rings. The van der Waals surface area contributed by atoms with Crippen LogP contribution in [0.4, 0.5) is 13.2 Å². The molecule has 2 aromatic rings. The monoisotopic (exact) mass is 349 g/mol. The molecule has 4 rings (SSSR count). The van der Waals surface area contributed by atoms with Crippen LogP contribution < -0.4 is 5.56 Å². The lowest BCUT2D eigenvalue weighted by atomic mass is 10.0. The number of nitrogens with one attached hydrogen (secondary N) is 1. The maximum atomic E-state index is 13.4. The van der Waals surface area contributed by atoms with Crippen molar-refractivity contribution >= 4 is 0 Å². The number of H-pyrrole nitrogens is 1. The summed E-state index contributed by atoms with van der Waals surface area (Å²) in [6.45, 7) is 1.30. The summed E-state index contributed by atoms with van der Waals surface area (Å²) in [6.07, 6.45) is 3.67. The SMILES string of the molecule is O=c1[nH]c(CC2CC2)nc2c1CCN(Cc1cc(F)c(F)c(F)c1)C2. The molecule has 0 radical (unpaired) electrons. The van der Waals surface area contributed by atoms with E-state index in [9.17, 15) is 18.0 Å². The van der Waals surface area contributed by atoms with Gasteiger partial charge in [0.15, 0.2) is 17.5 Å². The van der Waals surface area contributed by atoms with Crippen LogP contribution in [0.1, 0.15) is 35.5 Å². The van der Waals surface area contributed by atoms with Gasteiger partial charge in [-0.15, -0.1) is 0 Å². The van der Waals surface area contributed by atoms with Gasteiger partial charge in [0, 0.05) is 31.6 Å². The highest BCUT2D eigenvalue weighted by molar-refractivity contribution is 5.23. The van der Waals surface area contributed by atoms with Gasteiger partial charge in [-0.3, -0.25) is 9.69 Å². The first-order chi connectivity index (χ1) is 12.0. The van der Waals surface area contributed by atoms with Crippen molar-refractivity contribution in [2.24, 2.45) is 5.92 Å². The van der Waals surface area contributed by atoms with E-state index < -0.39 is 17.5 Å². The molecule has 1 aromatic heterocycles. The van der Waals surface area contributed by atoms with Crippen LogP contribution in [-0.4, -0.2) is 21.4 Å². The van der Waals surface area contributed by atoms with Gasteiger partial charge in [-0.1, -0.05) is 0 Å². The third-order valence-corrected chi connectivity index (χ3v) is 4.83. The summed E-state index contributed by atoms with van der Waals surface area (Å²) < 4.78 is 39.8. The Morgan fingerprint density at radius 2 is 1.92 bits per heavy atom. The third-order valence-electron chi connectivity index (χ3n) is 4.83. The van der Waals surface area contributed by atoms with Crippen LogP contribution in [0.2, 0.25) is 0 Å². The number of halogens is 3. The van der Waals surface area contributed by atoms with E-state index in [0.717, 1.165) is 24.2 Å². The standard InChI is InChI=1S/C18H18F3N3O/c19-13-5-11(6-14(20)17(13)21)8-24-4-3-12-15(9-24)22-16(23-18(12)25)7-10-1-2-10/h5-6,10H,1-4,7-9H2,(H,22,23,25). The minimum Gasteiger partial charge on any atom is -0.310 e. The van der Waals surface area contributed by atoms with Crippen molar-refractivity contribution in [1.29, 1.82) is 0 Å². The molecule has 132 valence electrons. The molecule has 1 N–H and O–H groups in total. The zero-order valence-corrected chi connectivity index (χ0v) is 13.6. The zero-order chi connectivity index (χ0) is 17.6. The molecule has 0 unspecified atom stereocenters. The topological polar surface area (TPSA) is 49.0 Å². The number of benzene rings is 1. The molecule has 0 spiro atoms. The van der Waals surface area contributed by atoms with E-state index in [4.69, 9.17) is 0 Å². The van der Waals surface area contributed by atoms with Crippen molar-refractivity contribution in [3.05, 3.63) is 62.6 Å². The molecule has 4 nitrogen and oxygen atoms in total.